The summed E-state index contributed by atoms with van der Waals surface area (Å²) in [6, 6.07) is 7.39. The molecule has 1 rings (SSSR count). The minimum Gasteiger partial charge on any atom is -0.463 e. The molecule has 1 aromatic rings. The number of rotatable bonds is 5. The molecule has 3 nitrogen and oxygen atoms in total. The minimum absolute atomic E-state index is 0.349. The maximum Gasteiger partial charge on any atom is 0.334 e. The molecule has 0 aliphatic rings. The molecule has 0 aromatic heterocycles. The molecule has 0 aliphatic heterocycles. The van der Waals surface area contributed by atoms with Crippen LogP contribution in [-0.4, -0.2) is 17.9 Å². The van der Waals surface area contributed by atoms with Crippen LogP contribution in [0.2, 0.25) is 0 Å². The first-order valence-electron chi connectivity index (χ1n) is 5.02. The number of ether oxygens (including phenoxy) is 2. The fourth-order valence-corrected chi connectivity index (χ4v) is 1.75. The normalized spacial score (nSPS) is 11.1. The Kier molecular flexibility index (Phi) is 6.29. The largest absolute Gasteiger partial charge is 0.463 e. The third-order valence-corrected chi connectivity index (χ3v) is 2.79. The van der Waals surface area contributed by atoms with E-state index in [0.717, 1.165) is 4.47 Å². The van der Waals surface area contributed by atoms with Crippen LogP contribution in [0.15, 0.2) is 40.6 Å². The molecule has 0 saturated carbocycles. The van der Waals surface area contributed by atoms with Crippen molar-refractivity contribution < 1.29 is 14.3 Å². The van der Waals surface area contributed by atoms with Crippen LogP contribution in [-0.2, 0) is 9.53 Å². The van der Waals surface area contributed by atoms with Crippen LogP contribution in [0.1, 0.15) is 6.92 Å². The van der Waals surface area contributed by atoms with Crippen LogP contribution in [0.25, 0.3) is 0 Å². The highest BCUT2D eigenvalue weighted by Crippen LogP contribution is 2.20. The standard InChI is InChI=1S/C12H12Br2O3/c1-2-16-12(15)7-11(8-13)17-10-5-3-4-9(14)6-10/h3-7H,2,8H2,1H3/b11-7+. The lowest BCUT2D eigenvalue weighted by atomic mass is 10.3. The predicted molar refractivity (Wildman–Crippen MR) is 73.3 cm³/mol. The molecular formula is C12H12Br2O3. The summed E-state index contributed by atoms with van der Waals surface area (Å²) in [5.41, 5.74) is 0. The topological polar surface area (TPSA) is 35.5 Å². The number of carbonyl (C=O) groups is 1. The second kappa shape index (κ2) is 7.50. The smallest absolute Gasteiger partial charge is 0.334 e. The van der Waals surface area contributed by atoms with Crippen molar-refractivity contribution in [2.45, 2.75) is 6.92 Å². The monoisotopic (exact) mass is 362 g/mol. The molecule has 0 N–H and O–H groups in total. The van der Waals surface area contributed by atoms with E-state index < -0.39 is 5.97 Å². The van der Waals surface area contributed by atoms with E-state index >= 15 is 0 Å². The molecule has 0 unspecified atom stereocenters. The Bertz CT molecular complexity index is 416. The Labute approximate surface area is 117 Å². The minimum atomic E-state index is -0.406. The summed E-state index contributed by atoms with van der Waals surface area (Å²) in [7, 11) is 0. The lowest BCUT2D eigenvalue weighted by molar-refractivity contribution is -0.137. The molecule has 0 bridgehead atoms. The van der Waals surface area contributed by atoms with Crippen LogP contribution in [0.3, 0.4) is 0 Å². The molecule has 92 valence electrons. The van der Waals surface area contributed by atoms with Crippen LogP contribution in [0.5, 0.6) is 5.75 Å². The van der Waals surface area contributed by atoms with Gasteiger partial charge in [-0.25, -0.2) is 4.79 Å². The van der Waals surface area contributed by atoms with Gasteiger partial charge in [0.1, 0.15) is 11.5 Å². The summed E-state index contributed by atoms with van der Waals surface area (Å²) in [5.74, 6) is 0.757. The first kappa shape index (κ1) is 14.3. The van der Waals surface area contributed by atoms with Gasteiger partial charge in [-0.15, -0.1) is 0 Å². The SMILES string of the molecule is CCOC(=O)/C=C(\CBr)Oc1cccc(Br)c1. The summed E-state index contributed by atoms with van der Waals surface area (Å²) in [4.78, 5) is 11.3. The van der Waals surface area contributed by atoms with Crippen molar-refractivity contribution in [3.8, 4) is 5.75 Å². The molecule has 1 aromatic carbocycles. The Morgan fingerprint density at radius 3 is 2.82 bits per heavy atom. The van der Waals surface area contributed by atoms with Crippen molar-refractivity contribution in [1.82, 2.24) is 0 Å². The average molecular weight is 364 g/mol. The summed E-state index contributed by atoms with van der Waals surface area (Å²) in [6.45, 7) is 2.11. The zero-order chi connectivity index (χ0) is 12.7. The van der Waals surface area contributed by atoms with Crippen molar-refractivity contribution in [2.24, 2.45) is 0 Å². The number of allylic oxidation sites excluding steroid dienone is 1. The number of benzene rings is 1. The summed E-state index contributed by atoms with van der Waals surface area (Å²) in [6.07, 6.45) is 1.33. The first-order valence-corrected chi connectivity index (χ1v) is 6.94. The fourth-order valence-electron chi connectivity index (χ4n) is 1.09. The van der Waals surface area contributed by atoms with Gasteiger partial charge >= 0.3 is 5.97 Å². The van der Waals surface area contributed by atoms with E-state index in [1.54, 1.807) is 6.92 Å². The van der Waals surface area contributed by atoms with Gasteiger partial charge in [0.05, 0.1) is 18.0 Å². The number of alkyl halides is 1. The van der Waals surface area contributed by atoms with Crippen LogP contribution >= 0.6 is 31.9 Å². The molecule has 0 atom stereocenters. The predicted octanol–water partition coefficient (Wildman–Crippen LogP) is 3.67. The van der Waals surface area contributed by atoms with Gasteiger partial charge in [0.15, 0.2) is 0 Å². The second-order valence-electron chi connectivity index (χ2n) is 3.06. The van der Waals surface area contributed by atoms with E-state index in [1.165, 1.54) is 6.08 Å². The van der Waals surface area contributed by atoms with Crippen LogP contribution in [0, 0.1) is 0 Å². The maximum atomic E-state index is 11.3. The Morgan fingerprint density at radius 2 is 2.24 bits per heavy atom. The molecule has 0 amide bonds. The third-order valence-electron chi connectivity index (χ3n) is 1.74. The number of hydrogen-bond donors (Lipinski definition) is 0. The summed E-state index contributed by atoms with van der Waals surface area (Å²) >= 11 is 6.61. The molecule has 0 heterocycles. The lowest BCUT2D eigenvalue weighted by Gasteiger charge is -2.07. The van der Waals surface area contributed by atoms with E-state index in [-0.39, 0.29) is 0 Å². The number of halogens is 2. The molecule has 0 saturated heterocycles. The van der Waals surface area contributed by atoms with Gasteiger partial charge < -0.3 is 9.47 Å². The highest BCUT2D eigenvalue weighted by molar-refractivity contribution is 9.10. The van der Waals surface area contributed by atoms with Crippen molar-refractivity contribution in [3.63, 3.8) is 0 Å². The molecule has 0 fully saturated rings. The number of carbonyl (C=O) groups excluding carboxylic acids is 1. The highest BCUT2D eigenvalue weighted by Gasteiger charge is 2.04. The molecule has 0 aliphatic carbocycles. The molecule has 0 spiro atoms. The van der Waals surface area contributed by atoms with Gasteiger partial charge in [0, 0.05) is 4.47 Å². The van der Waals surface area contributed by atoms with Gasteiger partial charge in [0.25, 0.3) is 0 Å². The molecule has 0 radical (unpaired) electrons. The van der Waals surface area contributed by atoms with E-state index in [0.29, 0.717) is 23.4 Å². The molecular weight excluding hydrogens is 352 g/mol. The first-order chi connectivity index (χ1) is 8.15. The second-order valence-corrected chi connectivity index (χ2v) is 4.53. The zero-order valence-electron chi connectivity index (χ0n) is 9.28. The Balaban J connectivity index is 2.73. The van der Waals surface area contributed by atoms with Gasteiger partial charge in [-0.2, -0.15) is 0 Å². The summed E-state index contributed by atoms with van der Waals surface area (Å²) in [5, 5.41) is 0.443. The van der Waals surface area contributed by atoms with Crippen molar-refractivity contribution >= 4 is 37.8 Å². The zero-order valence-corrected chi connectivity index (χ0v) is 12.5. The third kappa shape index (κ3) is 5.37. The van der Waals surface area contributed by atoms with Gasteiger partial charge in [0.2, 0.25) is 0 Å². The van der Waals surface area contributed by atoms with E-state index in [1.807, 2.05) is 24.3 Å². The van der Waals surface area contributed by atoms with E-state index in [4.69, 9.17) is 9.47 Å². The van der Waals surface area contributed by atoms with Crippen LogP contribution in [0.4, 0.5) is 0 Å². The van der Waals surface area contributed by atoms with Gasteiger partial charge in [-0.1, -0.05) is 37.9 Å². The van der Waals surface area contributed by atoms with E-state index in [9.17, 15) is 4.79 Å². The van der Waals surface area contributed by atoms with Gasteiger partial charge in [-0.3, -0.25) is 0 Å². The van der Waals surface area contributed by atoms with Crippen molar-refractivity contribution in [3.05, 3.63) is 40.6 Å². The van der Waals surface area contributed by atoms with Gasteiger partial charge in [-0.05, 0) is 25.1 Å². The Hall–Kier alpha value is -0.810. The quantitative estimate of drug-likeness (QED) is 0.346. The number of esters is 1. The lowest BCUT2D eigenvalue weighted by Crippen LogP contribution is -2.05. The summed E-state index contributed by atoms with van der Waals surface area (Å²) < 4.78 is 11.3. The van der Waals surface area contributed by atoms with Crippen molar-refractivity contribution in [1.29, 1.82) is 0 Å². The number of hydrogen-bond acceptors (Lipinski definition) is 3. The maximum absolute atomic E-state index is 11.3. The Morgan fingerprint density at radius 1 is 1.47 bits per heavy atom. The van der Waals surface area contributed by atoms with Crippen molar-refractivity contribution in [2.75, 3.05) is 11.9 Å². The van der Waals surface area contributed by atoms with E-state index in [2.05, 4.69) is 31.9 Å². The molecule has 17 heavy (non-hydrogen) atoms. The van der Waals surface area contributed by atoms with Crippen LogP contribution < -0.4 is 4.74 Å². The molecule has 5 heteroatoms. The average Bonchev–Trinajstić information content (AvgIpc) is 2.28. The fraction of sp³-hybridized carbons (Fsp3) is 0.250. The highest BCUT2D eigenvalue weighted by atomic mass is 79.9.